The molecular formula is C16H22N2O. The summed E-state index contributed by atoms with van der Waals surface area (Å²) in [6.07, 6.45) is 1.92. The predicted octanol–water partition coefficient (Wildman–Crippen LogP) is 2.44. The van der Waals surface area contributed by atoms with E-state index in [2.05, 4.69) is 37.1 Å². The zero-order valence-corrected chi connectivity index (χ0v) is 11.9. The second-order valence-corrected chi connectivity index (χ2v) is 5.09. The van der Waals surface area contributed by atoms with Crippen molar-refractivity contribution in [2.24, 2.45) is 7.05 Å². The summed E-state index contributed by atoms with van der Waals surface area (Å²) in [5.74, 6) is 0. The lowest BCUT2D eigenvalue weighted by Gasteiger charge is -2.12. The molecule has 0 aliphatic heterocycles. The van der Waals surface area contributed by atoms with Gasteiger partial charge in [0.2, 0.25) is 0 Å². The standard InChI is InChI=1S/C16H22N2O/c1-4-14-10-15(18(3)17-14)11-16(19)9-13-8-6-5-7-12(13)2/h5-8,10,16,19H,4,9,11H2,1-3H3. The van der Waals surface area contributed by atoms with E-state index in [4.69, 9.17) is 0 Å². The maximum atomic E-state index is 10.2. The highest BCUT2D eigenvalue weighted by Crippen LogP contribution is 2.13. The maximum Gasteiger partial charge on any atom is 0.0635 e. The summed E-state index contributed by atoms with van der Waals surface area (Å²) in [5.41, 5.74) is 4.63. The van der Waals surface area contributed by atoms with Crippen molar-refractivity contribution in [1.29, 1.82) is 0 Å². The van der Waals surface area contributed by atoms with Crippen molar-refractivity contribution in [3.05, 3.63) is 52.8 Å². The third kappa shape index (κ3) is 3.44. The van der Waals surface area contributed by atoms with Gasteiger partial charge in [-0.2, -0.15) is 5.10 Å². The van der Waals surface area contributed by atoms with E-state index in [0.29, 0.717) is 12.8 Å². The Hall–Kier alpha value is -1.61. The molecule has 3 heteroatoms. The molecule has 0 spiro atoms. The molecule has 0 aliphatic rings. The number of hydrogen-bond acceptors (Lipinski definition) is 2. The van der Waals surface area contributed by atoms with E-state index < -0.39 is 0 Å². The highest BCUT2D eigenvalue weighted by Gasteiger charge is 2.12. The van der Waals surface area contributed by atoms with Crippen LogP contribution in [-0.4, -0.2) is 21.0 Å². The van der Waals surface area contributed by atoms with Gasteiger partial charge in [-0.05, 0) is 37.0 Å². The first kappa shape index (κ1) is 13.8. The van der Waals surface area contributed by atoms with Crippen molar-refractivity contribution in [2.75, 3.05) is 0 Å². The van der Waals surface area contributed by atoms with Crippen LogP contribution in [0.2, 0.25) is 0 Å². The number of benzene rings is 1. The van der Waals surface area contributed by atoms with Crippen LogP contribution in [0.3, 0.4) is 0 Å². The number of rotatable bonds is 5. The van der Waals surface area contributed by atoms with Crippen molar-refractivity contribution >= 4 is 0 Å². The number of aromatic nitrogens is 2. The predicted molar refractivity (Wildman–Crippen MR) is 77.2 cm³/mol. The number of hydrogen-bond donors (Lipinski definition) is 1. The van der Waals surface area contributed by atoms with Crippen LogP contribution >= 0.6 is 0 Å². The van der Waals surface area contributed by atoms with Gasteiger partial charge in [-0.25, -0.2) is 0 Å². The summed E-state index contributed by atoms with van der Waals surface area (Å²) in [6, 6.07) is 10.3. The van der Waals surface area contributed by atoms with Crippen LogP contribution in [0.1, 0.15) is 29.4 Å². The zero-order valence-electron chi connectivity index (χ0n) is 11.9. The molecule has 0 saturated heterocycles. The number of aliphatic hydroxyl groups is 1. The van der Waals surface area contributed by atoms with Crippen LogP contribution in [-0.2, 0) is 26.3 Å². The minimum absolute atomic E-state index is 0.360. The molecule has 0 aliphatic carbocycles. The Labute approximate surface area is 114 Å². The first-order valence-electron chi connectivity index (χ1n) is 6.84. The molecule has 19 heavy (non-hydrogen) atoms. The molecule has 0 fully saturated rings. The smallest absolute Gasteiger partial charge is 0.0635 e. The van der Waals surface area contributed by atoms with Gasteiger partial charge in [-0.15, -0.1) is 0 Å². The Bertz CT molecular complexity index is 545. The fraction of sp³-hybridized carbons (Fsp3) is 0.438. The first-order valence-corrected chi connectivity index (χ1v) is 6.84. The molecule has 102 valence electrons. The lowest BCUT2D eigenvalue weighted by molar-refractivity contribution is 0.172. The summed E-state index contributed by atoms with van der Waals surface area (Å²) in [5, 5.41) is 14.7. The Balaban J connectivity index is 2.03. The summed E-state index contributed by atoms with van der Waals surface area (Å²) in [4.78, 5) is 0. The summed E-state index contributed by atoms with van der Waals surface area (Å²) in [7, 11) is 1.94. The largest absolute Gasteiger partial charge is 0.392 e. The molecule has 1 heterocycles. The van der Waals surface area contributed by atoms with Crippen molar-refractivity contribution < 1.29 is 5.11 Å². The van der Waals surface area contributed by atoms with Crippen molar-refractivity contribution in [3.8, 4) is 0 Å². The fourth-order valence-electron chi connectivity index (χ4n) is 2.34. The Morgan fingerprint density at radius 2 is 2.00 bits per heavy atom. The Morgan fingerprint density at radius 1 is 1.26 bits per heavy atom. The van der Waals surface area contributed by atoms with E-state index in [1.54, 1.807) is 0 Å². The van der Waals surface area contributed by atoms with Gasteiger partial charge in [0.15, 0.2) is 0 Å². The minimum atomic E-state index is -0.360. The zero-order chi connectivity index (χ0) is 13.8. The molecule has 1 aromatic carbocycles. The van der Waals surface area contributed by atoms with Gasteiger partial charge in [0.25, 0.3) is 0 Å². The van der Waals surface area contributed by atoms with Crippen LogP contribution < -0.4 is 0 Å². The maximum absolute atomic E-state index is 10.2. The third-order valence-electron chi connectivity index (χ3n) is 3.55. The molecule has 1 aromatic heterocycles. The van der Waals surface area contributed by atoms with Gasteiger partial charge < -0.3 is 5.11 Å². The van der Waals surface area contributed by atoms with E-state index in [1.165, 1.54) is 11.1 Å². The molecule has 1 atom stereocenters. The van der Waals surface area contributed by atoms with Crippen LogP contribution in [0.4, 0.5) is 0 Å². The van der Waals surface area contributed by atoms with Gasteiger partial charge in [-0.1, -0.05) is 31.2 Å². The van der Waals surface area contributed by atoms with E-state index >= 15 is 0 Å². The third-order valence-corrected chi connectivity index (χ3v) is 3.55. The number of nitrogens with zero attached hydrogens (tertiary/aromatic N) is 2. The molecule has 0 radical (unpaired) electrons. The van der Waals surface area contributed by atoms with Crippen LogP contribution in [0.5, 0.6) is 0 Å². The molecule has 0 bridgehead atoms. The molecule has 0 amide bonds. The molecule has 1 unspecified atom stereocenters. The van der Waals surface area contributed by atoms with Crippen LogP contribution in [0, 0.1) is 6.92 Å². The van der Waals surface area contributed by atoms with E-state index in [9.17, 15) is 5.11 Å². The average molecular weight is 258 g/mol. The summed E-state index contributed by atoms with van der Waals surface area (Å²) in [6.45, 7) is 4.18. The van der Waals surface area contributed by atoms with Crippen molar-refractivity contribution in [2.45, 2.75) is 39.2 Å². The van der Waals surface area contributed by atoms with Gasteiger partial charge in [0.05, 0.1) is 11.8 Å². The molecule has 2 aromatic rings. The van der Waals surface area contributed by atoms with Gasteiger partial charge in [0, 0.05) is 19.2 Å². The molecular weight excluding hydrogens is 236 g/mol. The van der Waals surface area contributed by atoms with Crippen LogP contribution in [0.25, 0.3) is 0 Å². The lowest BCUT2D eigenvalue weighted by atomic mass is 10.00. The Kier molecular flexibility index (Phi) is 4.38. The summed E-state index contributed by atoms with van der Waals surface area (Å²) >= 11 is 0. The van der Waals surface area contributed by atoms with Crippen molar-refractivity contribution in [1.82, 2.24) is 9.78 Å². The average Bonchev–Trinajstić information content (AvgIpc) is 2.73. The Morgan fingerprint density at radius 3 is 2.63 bits per heavy atom. The first-order chi connectivity index (χ1) is 9.10. The second kappa shape index (κ2) is 6.02. The molecule has 1 N–H and O–H groups in total. The van der Waals surface area contributed by atoms with Gasteiger partial charge in [0.1, 0.15) is 0 Å². The SMILES string of the molecule is CCc1cc(CC(O)Cc2ccccc2C)n(C)n1. The van der Waals surface area contributed by atoms with E-state index in [-0.39, 0.29) is 6.10 Å². The fourth-order valence-corrected chi connectivity index (χ4v) is 2.34. The minimum Gasteiger partial charge on any atom is -0.392 e. The van der Waals surface area contributed by atoms with Crippen LogP contribution in [0.15, 0.2) is 30.3 Å². The number of aliphatic hydroxyl groups excluding tert-OH is 1. The quantitative estimate of drug-likeness (QED) is 0.894. The molecule has 3 nitrogen and oxygen atoms in total. The number of aryl methyl sites for hydroxylation is 3. The summed E-state index contributed by atoms with van der Waals surface area (Å²) < 4.78 is 1.87. The van der Waals surface area contributed by atoms with Gasteiger partial charge in [-0.3, -0.25) is 4.68 Å². The van der Waals surface area contributed by atoms with E-state index in [1.807, 2.05) is 23.9 Å². The highest BCUT2D eigenvalue weighted by atomic mass is 16.3. The van der Waals surface area contributed by atoms with Gasteiger partial charge >= 0.3 is 0 Å². The lowest BCUT2D eigenvalue weighted by Crippen LogP contribution is -2.16. The monoisotopic (exact) mass is 258 g/mol. The molecule has 2 rings (SSSR count). The topological polar surface area (TPSA) is 38.0 Å². The highest BCUT2D eigenvalue weighted by molar-refractivity contribution is 5.26. The molecule has 0 saturated carbocycles. The second-order valence-electron chi connectivity index (χ2n) is 5.09. The van der Waals surface area contributed by atoms with Crippen molar-refractivity contribution in [3.63, 3.8) is 0 Å². The van der Waals surface area contributed by atoms with E-state index in [0.717, 1.165) is 17.8 Å². The normalized spacial score (nSPS) is 12.6.